The molecule has 0 fully saturated rings. The molecule has 1 heterocycles. The van der Waals surface area contributed by atoms with Crippen LogP contribution in [0, 0.1) is 6.92 Å². The van der Waals surface area contributed by atoms with E-state index >= 15 is 0 Å². The summed E-state index contributed by atoms with van der Waals surface area (Å²) in [5, 5.41) is 3.28. The van der Waals surface area contributed by atoms with Gasteiger partial charge < -0.3 is 9.73 Å². The normalized spacial score (nSPS) is 12.7. The summed E-state index contributed by atoms with van der Waals surface area (Å²) in [4.78, 5) is 0. The van der Waals surface area contributed by atoms with Crippen molar-refractivity contribution in [2.45, 2.75) is 32.2 Å². The maximum absolute atomic E-state index is 5.46. The molecule has 0 saturated carbocycles. The molecule has 0 spiro atoms. The molecule has 1 rings (SSSR count). The average Bonchev–Trinajstić information content (AvgIpc) is 2.60. The second-order valence-electron chi connectivity index (χ2n) is 3.53. The molecule has 14 heavy (non-hydrogen) atoms. The fourth-order valence-corrected chi connectivity index (χ4v) is 1.61. The monoisotopic (exact) mass is 193 g/mol. The summed E-state index contributed by atoms with van der Waals surface area (Å²) in [6.07, 6.45) is 7.02. The van der Waals surface area contributed by atoms with E-state index in [0.717, 1.165) is 25.0 Å². The SMILES string of the molecule is C=CCCCC(NC)c1occc1C. The fourth-order valence-electron chi connectivity index (χ4n) is 1.61. The Hall–Kier alpha value is -1.02. The van der Waals surface area contributed by atoms with Crippen molar-refractivity contribution >= 4 is 0 Å². The van der Waals surface area contributed by atoms with Gasteiger partial charge in [0.05, 0.1) is 12.3 Å². The van der Waals surface area contributed by atoms with Gasteiger partial charge in [0, 0.05) is 0 Å². The summed E-state index contributed by atoms with van der Waals surface area (Å²) in [6.45, 7) is 5.80. The molecule has 2 heteroatoms. The topological polar surface area (TPSA) is 25.2 Å². The van der Waals surface area contributed by atoms with Gasteiger partial charge in [-0.3, -0.25) is 0 Å². The molecule has 0 amide bonds. The molecule has 0 bridgehead atoms. The van der Waals surface area contributed by atoms with Gasteiger partial charge in [-0.15, -0.1) is 6.58 Å². The van der Waals surface area contributed by atoms with Gasteiger partial charge in [-0.25, -0.2) is 0 Å². The summed E-state index contributed by atoms with van der Waals surface area (Å²) >= 11 is 0. The van der Waals surface area contributed by atoms with Crippen LogP contribution in [-0.4, -0.2) is 7.05 Å². The number of aryl methyl sites for hydroxylation is 1. The summed E-state index contributed by atoms with van der Waals surface area (Å²) < 4.78 is 5.46. The van der Waals surface area contributed by atoms with Gasteiger partial charge in [0.15, 0.2) is 0 Å². The Bertz CT molecular complexity index is 278. The highest BCUT2D eigenvalue weighted by atomic mass is 16.3. The van der Waals surface area contributed by atoms with Gasteiger partial charge in [-0.05, 0) is 44.9 Å². The Morgan fingerprint density at radius 2 is 2.43 bits per heavy atom. The van der Waals surface area contributed by atoms with Crippen molar-refractivity contribution in [3.05, 3.63) is 36.3 Å². The second kappa shape index (κ2) is 5.66. The van der Waals surface area contributed by atoms with Crippen LogP contribution in [0.4, 0.5) is 0 Å². The summed E-state index contributed by atoms with van der Waals surface area (Å²) in [7, 11) is 1.97. The maximum Gasteiger partial charge on any atom is 0.123 e. The number of allylic oxidation sites excluding steroid dienone is 1. The van der Waals surface area contributed by atoms with Crippen molar-refractivity contribution in [1.82, 2.24) is 5.32 Å². The molecule has 1 aromatic heterocycles. The minimum Gasteiger partial charge on any atom is -0.467 e. The first-order valence-electron chi connectivity index (χ1n) is 5.11. The largest absolute Gasteiger partial charge is 0.467 e. The smallest absolute Gasteiger partial charge is 0.123 e. The number of hydrogen-bond donors (Lipinski definition) is 1. The molecular formula is C12H19NO. The van der Waals surface area contributed by atoms with E-state index in [9.17, 15) is 0 Å². The average molecular weight is 193 g/mol. The molecule has 0 aliphatic carbocycles. The van der Waals surface area contributed by atoms with E-state index in [2.05, 4.69) is 18.8 Å². The van der Waals surface area contributed by atoms with Crippen LogP contribution < -0.4 is 5.32 Å². The van der Waals surface area contributed by atoms with Crippen molar-refractivity contribution < 1.29 is 4.42 Å². The lowest BCUT2D eigenvalue weighted by Crippen LogP contribution is -2.16. The number of hydrogen-bond acceptors (Lipinski definition) is 2. The van der Waals surface area contributed by atoms with Gasteiger partial charge in [0.2, 0.25) is 0 Å². The third-order valence-corrected chi connectivity index (χ3v) is 2.47. The van der Waals surface area contributed by atoms with E-state index in [1.165, 1.54) is 5.56 Å². The van der Waals surface area contributed by atoms with Crippen LogP contribution in [0.5, 0.6) is 0 Å². The predicted molar refractivity (Wildman–Crippen MR) is 59.3 cm³/mol. The van der Waals surface area contributed by atoms with E-state index in [1.807, 2.05) is 19.2 Å². The Balaban J connectivity index is 2.54. The van der Waals surface area contributed by atoms with Gasteiger partial charge in [-0.2, -0.15) is 0 Å². The van der Waals surface area contributed by atoms with Crippen LogP contribution in [0.2, 0.25) is 0 Å². The lowest BCUT2D eigenvalue weighted by molar-refractivity contribution is 0.406. The van der Waals surface area contributed by atoms with Crippen LogP contribution in [-0.2, 0) is 0 Å². The highest BCUT2D eigenvalue weighted by Gasteiger charge is 2.13. The van der Waals surface area contributed by atoms with Crippen LogP contribution in [0.15, 0.2) is 29.4 Å². The first-order valence-corrected chi connectivity index (χ1v) is 5.11. The molecule has 1 atom stereocenters. The van der Waals surface area contributed by atoms with Gasteiger partial charge in [0.25, 0.3) is 0 Å². The highest BCUT2D eigenvalue weighted by Crippen LogP contribution is 2.22. The molecule has 0 saturated heterocycles. The molecule has 0 aliphatic heterocycles. The third kappa shape index (κ3) is 2.74. The molecular weight excluding hydrogens is 174 g/mol. The van der Waals surface area contributed by atoms with Gasteiger partial charge in [0.1, 0.15) is 5.76 Å². The number of unbranched alkanes of at least 4 members (excludes halogenated alkanes) is 1. The zero-order valence-corrected chi connectivity index (χ0v) is 9.05. The highest BCUT2D eigenvalue weighted by molar-refractivity contribution is 5.18. The molecule has 0 aromatic carbocycles. The van der Waals surface area contributed by atoms with Crippen molar-refractivity contribution in [2.75, 3.05) is 7.05 Å². The summed E-state index contributed by atoms with van der Waals surface area (Å²) in [6, 6.07) is 2.35. The molecule has 1 aromatic rings. The van der Waals surface area contributed by atoms with Crippen molar-refractivity contribution in [3.63, 3.8) is 0 Å². The van der Waals surface area contributed by atoms with Crippen LogP contribution in [0.25, 0.3) is 0 Å². The van der Waals surface area contributed by atoms with Crippen molar-refractivity contribution in [2.24, 2.45) is 0 Å². The fraction of sp³-hybridized carbons (Fsp3) is 0.500. The lowest BCUT2D eigenvalue weighted by atomic mass is 10.0. The van der Waals surface area contributed by atoms with E-state index in [4.69, 9.17) is 4.42 Å². The quantitative estimate of drug-likeness (QED) is 0.554. The van der Waals surface area contributed by atoms with Crippen LogP contribution >= 0.6 is 0 Å². The van der Waals surface area contributed by atoms with Gasteiger partial charge >= 0.3 is 0 Å². The second-order valence-corrected chi connectivity index (χ2v) is 3.53. The maximum atomic E-state index is 5.46. The molecule has 1 N–H and O–H groups in total. The minimum absolute atomic E-state index is 0.338. The Morgan fingerprint density at radius 1 is 1.64 bits per heavy atom. The molecule has 78 valence electrons. The lowest BCUT2D eigenvalue weighted by Gasteiger charge is -2.13. The zero-order chi connectivity index (χ0) is 10.4. The zero-order valence-electron chi connectivity index (χ0n) is 9.05. The van der Waals surface area contributed by atoms with Crippen LogP contribution in [0.1, 0.15) is 36.6 Å². The van der Waals surface area contributed by atoms with Gasteiger partial charge in [-0.1, -0.05) is 6.08 Å². The Kier molecular flexibility index (Phi) is 4.47. The van der Waals surface area contributed by atoms with Crippen LogP contribution in [0.3, 0.4) is 0 Å². The Labute approximate surface area is 86.0 Å². The molecule has 0 aliphatic rings. The number of rotatable bonds is 6. The van der Waals surface area contributed by atoms with Crippen molar-refractivity contribution in [3.8, 4) is 0 Å². The molecule has 0 radical (unpaired) electrons. The van der Waals surface area contributed by atoms with E-state index in [1.54, 1.807) is 6.26 Å². The number of furan rings is 1. The predicted octanol–water partition coefficient (Wildman–Crippen LogP) is 3.20. The van der Waals surface area contributed by atoms with E-state index in [0.29, 0.717) is 6.04 Å². The Morgan fingerprint density at radius 3 is 2.93 bits per heavy atom. The first-order chi connectivity index (χ1) is 6.79. The third-order valence-electron chi connectivity index (χ3n) is 2.47. The molecule has 2 nitrogen and oxygen atoms in total. The first kappa shape index (κ1) is 11.1. The summed E-state index contributed by atoms with van der Waals surface area (Å²) in [5.41, 5.74) is 1.22. The van der Waals surface area contributed by atoms with E-state index < -0.39 is 0 Å². The number of nitrogens with one attached hydrogen (secondary N) is 1. The minimum atomic E-state index is 0.338. The van der Waals surface area contributed by atoms with E-state index in [-0.39, 0.29) is 0 Å². The summed E-state index contributed by atoms with van der Waals surface area (Å²) in [5.74, 6) is 1.07. The standard InChI is InChI=1S/C12H19NO/c1-4-5-6-7-11(13-3)12-10(2)8-9-14-12/h4,8-9,11,13H,1,5-7H2,2-3H3. The molecule has 1 unspecified atom stereocenters. The van der Waals surface area contributed by atoms with Crippen molar-refractivity contribution in [1.29, 1.82) is 0 Å².